The van der Waals surface area contributed by atoms with Crippen molar-refractivity contribution in [1.82, 2.24) is 5.32 Å². The van der Waals surface area contributed by atoms with Crippen LogP contribution >= 0.6 is 0 Å². The fraction of sp³-hybridized carbons (Fsp3) is 0.879. The van der Waals surface area contributed by atoms with E-state index in [1.54, 1.807) is 0 Å². The van der Waals surface area contributed by atoms with E-state index >= 15 is 0 Å². The Bertz CT molecular complexity index is 1910. The lowest BCUT2D eigenvalue weighted by molar-refractivity contribution is -0.162. The first kappa shape index (κ1) is 60.7. The first-order chi connectivity index (χ1) is 35.6. The molecule has 7 fully saturated rings. The van der Waals surface area contributed by atoms with Gasteiger partial charge in [-0.2, -0.15) is 0 Å². The summed E-state index contributed by atoms with van der Waals surface area (Å²) in [7, 11) is 0. The van der Waals surface area contributed by atoms with Crippen LogP contribution in [0.15, 0.2) is 0 Å². The Balaban J connectivity index is 0.000000381. The van der Waals surface area contributed by atoms with Crippen molar-refractivity contribution in [3.8, 4) is 0 Å². The highest BCUT2D eigenvalue weighted by Crippen LogP contribution is 2.37. The summed E-state index contributed by atoms with van der Waals surface area (Å²) in [6.45, 7) is 19.3. The van der Waals surface area contributed by atoms with Crippen molar-refractivity contribution in [2.45, 2.75) is 277 Å². The number of esters is 4. The number of fused-ring (bicyclic) bond motifs is 8. The van der Waals surface area contributed by atoms with Crippen molar-refractivity contribution < 1.29 is 76.6 Å². The van der Waals surface area contributed by atoms with Gasteiger partial charge in [0.25, 0.3) is 0 Å². The number of Topliss-reactive ketones (excluding diaryl/α,β-unsaturated/α-hetero) is 1. The maximum Gasteiger partial charge on any atom is 0.311 e. The zero-order valence-electron chi connectivity index (χ0n) is 46.8. The van der Waals surface area contributed by atoms with Gasteiger partial charge in [0.2, 0.25) is 11.8 Å². The molecule has 17 heteroatoms. The molecule has 0 aromatic rings. The van der Waals surface area contributed by atoms with Gasteiger partial charge < -0.3 is 43.0 Å². The Morgan fingerprint density at radius 1 is 0.467 bits per heavy atom. The second-order valence-corrected chi connectivity index (χ2v) is 23.8. The third kappa shape index (κ3) is 17.2. The van der Waals surface area contributed by atoms with Gasteiger partial charge >= 0.3 is 23.9 Å². The smallest absolute Gasteiger partial charge is 0.311 e. The zero-order chi connectivity index (χ0) is 54.7. The molecule has 75 heavy (non-hydrogen) atoms. The number of imide groups is 1. The summed E-state index contributed by atoms with van der Waals surface area (Å²) >= 11 is 0. The van der Waals surface area contributed by atoms with Crippen molar-refractivity contribution in [3.63, 3.8) is 0 Å². The number of cyclic esters (lactones) is 4. The van der Waals surface area contributed by atoms with Crippen LogP contribution in [0.25, 0.3) is 0 Å². The number of hydrogen-bond acceptors (Lipinski definition) is 16. The standard InChI is InChI=1S/C43H70O12.C15H23NO4/c1-9-29-21-33-13-17-36(50-33)25(5)40(44)48-24(4)20-32-12-16-37(49-32)26(6)41(45)53-30(10-2)22-34-14-18-39(51-34)28(8)43(47)55-31(11-3)23-35-15-19-38(52-35)27(7)42(46)54-29;1-8-3-9(2)15(20)11(4-8)12(17)5-10-6-13(18)16-14(19)7-10/h24-39H,9-23H2,1-8H3;8-12,17H,3-7H2,1-2H3,(H,16,18,19)/t24-,25-,26+,27+,28-,29+,30+,31-,32-,33+,34+,35-,36-,37+,38+,39-;8-,9+,11+,12+/m00/s1. The minimum absolute atomic E-state index is 0.00492. The van der Waals surface area contributed by atoms with Gasteiger partial charge in [-0.1, -0.05) is 34.6 Å². The lowest BCUT2D eigenvalue weighted by atomic mass is 9.71. The average Bonchev–Trinajstić information content (AvgIpc) is 4.22. The monoisotopic (exact) mass is 1060 g/mol. The number of nitrogens with one attached hydrogen (secondary N) is 1. The molecule has 8 bridgehead atoms. The second-order valence-electron chi connectivity index (χ2n) is 23.8. The first-order valence-corrected chi connectivity index (χ1v) is 29.1. The summed E-state index contributed by atoms with van der Waals surface area (Å²) in [6, 6.07) is 0. The minimum Gasteiger partial charge on any atom is -0.462 e. The second kappa shape index (κ2) is 28.4. The number of hydrogen-bond donors (Lipinski definition) is 2. The summed E-state index contributed by atoms with van der Waals surface area (Å²) in [5, 5.41) is 12.6. The van der Waals surface area contributed by atoms with E-state index in [4.69, 9.17) is 37.9 Å². The van der Waals surface area contributed by atoms with Gasteiger partial charge in [-0.15, -0.1) is 0 Å². The van der Waals surface area contributed by atoms with Crippen molar-refractivity contribution in [2.75, 3.05) is 0 Å². The molecule has 6 saturated heterocycles. The van der Waals surface area contributed by atoms with Crippen molar-refractivity contribution >= 4 is 41.5 Å². The molecule has 1 aliphatic carbocycles. The number of ether oxygens (including phenoxy) is 8. The fourth-order valence-electron chi connectivity index (χ4n) is 12.6. The Morgan fingerprint density at radius 2 is 0.813 bits per heavy atom. The molecule has 0 radical (unpaired) electrons. The van der Waals surface area contributed by atoms with E-state index in [1.807, 2.05) is 62.3 Å². The molecule has 7 rings (SSSR count). The number of aliphatic hydroxyl groups excluding tert-OH is 1. The molecule has 426 valence electrons. The Kier molecular flexibility index (Phi) is 23.0. The lowest BCUT2D eigenvalue weighted by Gasteiger charge is -2.34. The predicted octanol–water partition coefficient (Wildman–Crippen LogP) is 8.23. The predicted molar refractivity (Wildman–Crippen MR) is 275 cm³/mol. The molecular weight excluding hydrogens is 967 g/mol. The quantitative estimate of drug-likeness (QED) is 0.145. The number of rotatable bonds is 6. The SMILES string of the molecule is CC[C@H]1C[C@@H]2CC[C@@H](O2)[C@@H](C)C(=O)O[C@H](CC)C[C@H]2CC[C@H](O2)[C@H](C)C(=O)O[C@@H](C)C[C@@H]2CC[C@@H](O2)[C@@H](C)C(=O)O[C@H](CC)C[C@H]2CC[C@H](O2)[C@H](C)C(=O)O1.C[C@H]1C[C@@H](C)C(=O)[C@@H]([C@H](O)CC2CC(=O)NC(=O)C2)C1. The minimum atomic E-state index is -0.739. The van der Waals surface area contributed by atoms with E-state index in [0.717, 1.165) is 57.8 Å². The fourth-order valence-corrected chi connectivity index (χ4v) is 12.6. The summed E-state index contributed by atoms with van der Waals surface area (Å²) in [4.78, 5) is 88.1. The molecule has 6 heterocycles. The van der Waals surface area contributed by atoms with Crippen LogP contribution in [0.4, 0.5) is 0 Å². The van der Waals surface area contributed by atoms with E-state index in [2.05, 4.69) is 12.2 Å². The van der Waals surface area contributed by atoms with E-state index in [-0.39, 0.29) is 145 Å². The van der Waals surface area contributed by atoms with Gasteiger partial charge in [0, 0.05) is 50.4 Å². The van der Waals surface area contributed by atoms with Gasteiger partial charge in [0.1, 0.15) is 30.2 Å². The molecule has 0 unspecified atom stereocenters. The molecule has 17 nitrogen and oxygen atoms in total. The molecule has 2 N–H and O–H groups in total. The van der Waals surface area contributed by atoms with Gasteiger partial charge in [0.05, 0.1) is 78.6 Å². The molecule has 2 amide bonds. The van der Waals surface area contributed by atoms with Crippen LogP contribution in [-0.4, -0.2) is 126 Å². The molecule has 1 saturated carbocycles. The third-order valence-corrected chi connectivity index (χ3v) is 17.5. The number of piperidine rings is 1. The molecule has 0 aromatic heterocycles. The van der Waals surface area contributed by atoms with E-state index in [1.165, 1.54) is 0 Å². The van der Waals surface area contributed by atoms with Gasteiger partial charge in [-0.05, 0) is 136 Å². The topological polar surface area (TPSA) is 226 Å². The molecular formula is C58H93NO16. The number of aliphatic hydroxyl groups is 1. The van der Waals surface area contributed by atoms with Crippen LogP contribution in [-0.2, 0) is 71.5 Å². The Morgan fingerprint density at radius 3 is 1.17 bits per heavy atom. The van der Waals surface area contributed by atoms with E-state index in [9.17, 15) is 38.7 Å². The van der Waals surface area contributed by atoms with Crippen LogP contribution in [0.3, 0.4) is 0 Å². The zero-order valence-corrected chi connectivity index (χ0v) is 46.8. The summed E-state index contributed by atoms with van der Waals surface area (Å²) in [6.07, 6.45) is 9.19. The molecule has 0 spiro atoms. The normalized spacial score (nSPS) is 40.9. The largest absolute Gasteiger partial charge is 0.462 e. The van der Waals surface area contributed by atoms with Gasteiger partial charge in [0.15, 0.2) is 0 Å². The molecule has 20 atom stereocenters. The van der Waals surface area contributed by atoms with E-state index in [0.29, 0.717) is 63.7 Å². The summed E-state index contributed by atoms with van der Waals surface area (Å²) in [5.74, 6) is -3.36. The first-order valence-electron chi connectivity index (χ1n) is 29.1. The highest BCUT2D eigenvalue weighted by molar-refractivity contribution is 5.97. The Labute approximate surface area is 446 Å². The van der Waals surface area contributed by atoms with Gasteiger partial charge in [-0.25, -0.2) is 0 Å². The van der Waals surface area contributed by atoms with Crippen LogP contribution in [0.5, 0.6) is 0 Å². The number of amides is 2. The molecule has 6 aliphatic heterocycles. The number of carbonyl (C=O) groups is 7. The van der Waals surface area contributed by atoms with E-state index < -0.39 is 29.8 Å². The van der Waals surface area contributed by atoms with Crippen LogP contribution in [0.2, 0.25) is 0 Å². The third-order valence-electron chi connectivity index (χ3n) is 17.5. The van der Waals surface area contributed by atoms with Crippen LogP contribution < -0.4 is 5.32 Å². The summed E-state index contributed by atoms with van der Waals surface area (Å²) in [5.41, 5.74) is 0. The maximum absolute atomic E-state index is 13.4. The number of ketones is 1. The lowest BCUT2D eigenvalue weighted by Crippen LogP contribution is -2.42. The van der Waals surface area contributed by atoms with Crippen molar-refractivity contribution in [2.24, 2.45) is 47.3 Å². The summed E-state index contributed by atoms with van der Waals surface area (Å²) < 4.78 is 49.3. The maximum atomic E-state index is 13.4. The van der Waals surface area contributed by atoms with Gasteiger partial charge in [-0.3, -0.25) is 38.9 Å². The highest BCUT2D eigenvalue weighted by Gasteiger charge is 2.43. The molecule has 0 aromatic carbocycles. The Hall–Kier alpha value is -3.51. The van der Waals surface area contributed by atoms with Crippen LogP contribution in [0.1, 0.15) is 198 Å². The van der Waals surface area contributed by atoms with Crippen molar-refractivity contribution in [1.29, 1.82) is 0 Å². The van der Waals surface area contributed by atoms with Crippen LogP contribution in [0, 0.1) is 47.3 Å². The average molecular weight is 1060 g/mol. The number of carbonyl (C=O) groups excluding carboxylic acids is 7. The highest BCUT2D eigenvalue weighted by atomic mass is 16.6. The molecule has 7 aliphatic rings. The van der Waals surface area contributed by atoms with Crippen molar-refractivity contribution in [3.05, 3.63) is 0 Å².